The average Bonchev–Trinajstić information content (AvgIpc) is 2.57. The van der Waals surface area contributed by atoms with Gasteiger partial charge in [0.15, 0.2) is 0 Å². The molecule has 7 heteroatoms. The van der Waals surface area contributed by atoms with Crippen molar-refractivity contribution >= 4 is 33.4 Å². The lowest BCUT2D eigenvalue weighted by atomic mass is 10.1. The summed E-state index contributed by atoms with van der Waals surface area (Å²) < 4.78 is 25.4. The minimum absolute atomic E-state index is 0.165. The number of carbonyl (C=O) groups is 1. The molecule has 2 rings (SSSR count). The molecule has 0 radical (unpaired) electrons. The highest BCUT2D eigenvalue weighted by molar-refractivity contribution is 7.99. The summed E-state index contributed by atoms with van der Waals surface area (Å²) in [7, 11) is -3.51. The molecule has 0 atom stereocenters. The van der Waals surface area contributed by atoms with Gasteiger partial charge in [-0.15, -0.1) is 11.8 Å². The largest absolute Gasteiger partial charge is 0.324 e. The topological polar surface area (TPSA) is 66.5 Å². The van der Waals surface area contributed by atoms with Crippen molar-refractivity contribution in [3.05, 3.63) is 59.7 Å². The lowest BCUT2D eigenvalue weighted by molar-refractivity contribution is -0.116. The SMILES string of the molecule is CCSc1ccccc1NC(=O)CN(Cc1ccc(C)cc1)S(C)(=O)=O. The predicted octanol–water partition coefficient (Wildman–Crippen LogP) is 3.51. The second-order valence-electron chi connectivity index (χ2n) is 5.99. The molecule has 1 N–H and O–H groups in total. The summed E-state index contributed by atoms with van der Waals surface area (Å²) in [6, 6.07) is 15.1. The normalized spacial score (nSPS) is 11.5. The van der Waals surface area contributed by atoms with Crippen LogP contribution in [0.15, 0.2) is 53.4 Å². The maximum Gasteiger partial charge on any atom is 0.239 e. The highest BCUT2D eigenvalue weighted by atomic mass is 32.2. The lowest BCUT2D eigenvalue weighted by Crippen LogP contribution is -2.37. The number of nitrogens with one attached hydrogen (secondary N) is 1. The predicted molar refractivity (Wildman–Crippen MR) is 108 cm³/mol. The number of sulfonamides is 1. The number of thioether (sulfide) groups is 1. The Hall–Kier alpha value is -1.83. The Kier molecular flexibility index (Phi) is 7.25. The monoisotopic (exact) mass is 392 g/mol. The van der Waals surface area contributed by atoms with E-state index in [2.05, 4.69) is 5.32 Å². The van der Waals surface area contributed by atoms with Crippen molar-refractivity contribution in [1.82, 2.24) is 4.31 Å². The molecule has 0 spiro atoms. The van der Waals surface area contributed by atoms with Gasteiger partial charge in [0.25, 0.3) is 0 Å². The zero-order chi connectivity index (χ0) is 19.2. The molecule has 0 heterocycles. The van der Waals surface area contributed by atoms with Crippen LogP contribution >= 0.6 is 11.8 Å². The fourth-order valence-corrected chi connectivity index (χ4v) is 3.88. The number of hydrogen-bond donors (Lipinski definition) is 1. The maximum absolute atomic E-state index is 12.4. The molecule has 2 aromatic rings. The van der Waals surface area contributed by atoms with Gasteiger partial charge < -0.3 is 5.32 Å². The molecule has 0 saturated carbocycles. The number of hydrogen-bond acceptors (Lipinski definition) is 4. The van der Waals surface area contributed by atoms with E-state index in [0.29, 0.717) is 5.69 Å². The average molecular weight is 393 g/mol. The third kappa shape index (κ3) is 6.16. The van der Waals surface area contributed by atoms with E-state index in [9.17, 15) is 13.2 Å². The van der Waals surface area contributed by atoms with Crippen LogP contribution in [0.3, 0.4) is 0 Å². The third-order valence-corrected chi connectivity index (χ3v) is 5.88. The van der Waals surface area contributed by atoms with Crippen molar-refractivity contribution in [3.8, 4) is 0 Å². The molecule has 0 aromatic heterocycles. The number of benzene rings is 2. The van der Waals surface area contributed by atoms with Crippen LogP contribution in [0.2, 0.25) is 0 Å². The molecule has 0 saturated heterocycles. The Morgan fingerprint density at radius 1 is 1.12 bits per heavy atom. The lowest BCUT2D eigenvalue weighted by Gasteiger charge is -2.20. The third-order valence-electron chi connectivity index (χ3n) is 3.73. The van der Waals surface area contributed by atoms with Gasteiger partial charge in [0, 0.05) is 11.4 Å². The molecule has 0 aliphatic rings. The molecule has 0 aliphatic heterocycles. The van der Waals surface area contributed by atoms with E-state index in [1.807, 2.05) is 62.4 Å². The highest BCUT2D eigenvalue weighted by Gasteiger charge is 2.21. The number of rotatable bonds is 8. The van der Waals surface area contributed by atoms with Crippen molar-refractivity contribution in [2.45, 2.75) is 25.3 Å². The first-order valence-electron chi connectivity index (χ1n) is 8.32. The van der Waals surface area contributed by atoms with E-state index in [0.717, 1.165) is 28.0 Å². The van der Waals surface area contributed by atoms with E-state index < -0.39 is 10.0 Å². The standard InChI is InChI=1S/C19H24N2O3S2/c1-4-25-18-8-6-5-7-17(18)20-19(22)14-21(26(3,23)24)13-16-11-9-15(2)10-12-16/h5-12H,4,13-14H2,1-3H3,(H,20,22). The van der Waals surface area contributed by atoms with Gasteiger partial charge in [-0.3, -0.25) is 4.79 Å². The Morgan fingerprint density at radius 2 is 1.77 bits per heavy atom. The summed E-state index contributed by atoms with van der Waals surface area (Å²) in [4.78, 5) is 13.4. The van der Waals surface area contributed by atoms with Crippen molar-refractivity contribution in [2.75, 3.05) is 23.9 Å². The quantitative estimate of drug-likeness (QED) is 0.698. The van der Waals surface area contributed by atoms with Gasteiger partial charge in [0.1, 0.15) is 0 Å². The summed E-state index contributed by atoms with van der Waals surface area (Å²) in [6.45, 7) is 3.95. The zero-order valence-corrected chi connectivity index (χ0v) is 16.9. The number of para-hydroxylation sites is 1. The number of amides is 1. The molecule has 0 aliphatic carbocycles. The van der Waals surface area contributed by atoms with Gasteiger partial charge in [0.2, 0.25) is 15.9 Å². The maximum atomic E-state index is 12.4. The number of aryl methyl sites for hydroxylation is 1. The van der Waals surface area contributed by atoms with Gasteiger partial charge in [0.05, 0.1) is 18.5 Å². The minimum Gasteiger partial charge on any atom is -0.324 e. The zero-order valence-electron chi connectivity index (χ0n) is 15.2. The summed E-state index contributed by atoms with van der Waals surface area (Å²) in [5, 5.41) is 2.83. The van der Waals surface area contributed by atoms with Gasteiger partial charge in [-0.25, -0.2) is 8.42 Å². The second kappa shape index (κ2) is 9.21. The Bertz CT molecular complexity index is 849. The Balaban J connectivity index is 2.11. The van der Waals surface area contributed by atoms with Gasteiger partial charge in [-0.2, -0.15) is 4.31 Å². The van der Waals surface area contributed by atoms with Crippen LogP contribution in [-0.2, 0) is 21.4 Å². The fourth-order valence-electron chi connectivity index (χ4n) is 2.39. The molecular formula is C19H24N2O3S2. The molecule has 2 aromatic carbocycles. The smallest absolute Gasteiger partial charge is 0.239 e. The number of nitrogens with zero attached hydrogens (tertiary/aromatic N) is 1. The highest BCUT2D eigenvalue weighted by Crippen LogP contribution is 2.26. The van der Waals surface area contributed by atoms with E-state index >= 15 is 0 Å². The van der Waals surface area contributed by atoms with Gasteiger partial charge >= 0.3 is 0 Å². The van der Waals surface area contributed by atoms with Crippen molar-refractivity contribution in [2.24, 2.45) is 0 Å². The summed E-state index contributed by atoms with van der Waals surface area (Å²) in [6.07, 6.45) is 1.12. The van der Waals surface area contributed by atoms with Crippen LogP contribution in [0.4, 0.5) is 5.69 Å². The molecule has 0 unspecified atom stereocenters. The van der Waals surface area contributed by atoms with E-state index in [4.69, 9.17) is 0 Å². The number of carbonyl (C=O) groups excluding carboxylic acids is 1. The van der Waals surface area contributed by atoms with Crippen LogP contribution in [0.25, 0.3) is 0 Å². The summed E-state index contributed by atoms with van der Waals surface area (Å²) >= 11 is 1.63. The molecule has 0 fully saturated rings. The van der Waals surface area contributed by atoms with E-state index in [-0.39, 0.29) is 19.0 Å². The van der Waals surface area contributed by atoms with Crippen LogP contribution in [-0.4, -0.2) is 37.2 Å². The van der Waals surface area contributed by atoms with Crippen molar-refractivity contribution in [1.29, 1.82) is 0 Å². The second-order valence-corrected chi connectivity index (χ2v) is 9.28. The van der Waals surface area contributed by atoms with Crippen LogP contribution in [0.1, 0.15) is 18.1 Å². The first kappa shape index (κ1) is 20.5. The van der Waals surface area contributed by atoms with E-state index in [1.54, 1.807) is 11.8 Å². The minimum atomic E-state index is -3.51. The molecule has 140 valence electrons. The molecule has 5 nitrogen and oxygen atoms in total. The van der Waals surface area contributed by atoms with Crippen LogP contribution in [0, 0.1) is 6.92 Å². The molecular weight excluding hydrogens is 368 g/mol. The Labute approximate surface area is 159 Å². The van der Waals surface area contributed by atoms with Crippen LogP contribution in [0.5, 0.6) is 0 Å². The summed E-state index contributed by atoms with van der Waals surface area (Å²) in [5.41, 5.74) is 2.64. The molecule has 0 bridgehead atoms. The van der Waals surface area contributed by atoms with Crippen LogP contribution < -0.4 is 5.32 Å². The summed E-state index contributed by atoms with van der Waals surface area (Å²) in [5.74, 6) is 0.530. The van der Waals surface area contributed by atoms with Gasteiger partial charge in [-0.1, -0.05) is 48.9 Å². The first-order valence-corrected chi connectivity index (χ1v) is 11.2. The molecule has 1 amide bonds. The first-order chi connectivity index (χ1) is 12.3. The van der Waals surface area contributed by atoms with Crippen molar-refractivity contribution in [3.63, 3.8) is 0 Å². The van der Waals surface area contributed by atoms with Gasteiger partial charge in [-0.05, 0) is 30.4 Å². The fraction of sp³-hybridized carbons (Fsp3) is 0.316. The number of anilines is 1. The van der Waals surface area contributed by atoms with E-state index in [1.165, 1.54) is 4.31 Å². The molecule has 26 heavy (non-hydrogen) atoms. The Morgan fingerprint density at radius 3 is 2.38 bits per heavy atom. The van der Waals surface area contributed by atoms with Crippen molar-refractivity contribution < 1.29 is 13.2 Å².